The maximum absolute atomic E-state index is 13.6. The largest absolute Gasteiger partial charge is 0.497 e. The van der Waals surface area contributed by atoms with E-state index in [1.165, 1.54) is 12.1 Å². The summed E-state index contributed by atoms with van der Waals surface area (Å²) >= 11 is 3.09. The van der Waals surface area contributed by atoms with E-state index in [1.807, 2.05) is 0 Å². The molecule has 0 fully saturated rings. The Labute approximate surface area is 124 Å². The zero-order valence-corrected chi connectivity index (χ0v) is 12.6. The zero-order valence-electron chi connectivity index (χ0n) is 11.0. The number of halogens is 2. The van der Waals surface area contributed by atoms with Crippen LogP contribution in [-0.4, -0.2) is 14.2 Å². The molecule has 0 aliphatic heterocycles. The van der Waals surface area contributed by atoms with Crippen LogP contribution in [0.15, 0.2) is 34.8 Å². The molecule has 0 amide bonds. The quantitative estimate of drug-likeness (QED) is 0.828. The smallest absolute Gasteiger partial charge is 0.142 e. The van der Waals surface area contributed by atoms with Gasteiger partial charge in [0.1, 0.15) is 17.3 Å². The van der Waals surface area contributed by atoms with Crippen LogP contribution < -0.4 is 20.5 Å². The van der Waals surface area contributed by atoms with E-state index in [0.29, 0.717) is 33.0 Å². The Morgan fingerprint density at radius 2 is 1.85 bits per heavy atom. The van der Waals surface area contributed by atoms with Gasteiger partial charge in [-0.05, 0) is 34.1 Å². The van der Waals surface area contributed by atoms with Crippen molar-refractivity contribution in [3.8, 4) is 11.5 Å². The number of methoxy groups -OCH3 is 2. The van der Waals surface area contributed by atoms with E-state index in [4.69, 9.17) is 15.2 Å². The van der Waals surface area contributed by atoms with Crippen LogP contribution in [0.25, 0.3) is 0 Å². The van der Waals surface area contributed by atoms with Crippen LogP contribution in [0.4, 0.5) is 21.5 Å². The minimum absolute atomic E-state index is 0.318. The molecule has 0 heterocycles. The summed E-state index contributed by atoms with van der Waals surface area (Å²) in [6, 6.07) is 8.10. The predicted molar refractivity (Wildman–Crippen MR) is 81.3 cm³/mol. The molecule has 0 spiro atoms. The highest BCUT2D eigenvalue weighted by Crippen LogP contribution is 2.34. The van der Waals surface area contributed by atoms with Crippen molar-refractivity contribution in [1.82, 2.24) is 0 Å². The van der Waals surface area contributed by atoms with Crippen molar-refractivity contribution in [3.63, 3.8) is 0 Å². The Kier molecular flexibility index (Phi) is 4.34. The number of nitrogens with one attached hydrogen (secondary N) is 1. The fourth-order valence-corrected chi connectivity index (χ4v) is 2.09. The second-order valence-electron chi connectivity index (χ2n) is 4.04. The van der Waals surface area contributed by atoms with E-state index in [0.717, 1.165) is 0 Å². The third kappa shape index (κ3) is 2.96. The summed E-state index contributed by atoms with van der Waals surface area (Å²) in [4.78, 5) is 0. The molecule has 0 unspecified atom stereocenters. The Balaban J connectivity index is 2.41. The Morgan fingerprint density at radius 3 is 2.50 bits per heavy atom. The molecule has 2 aromatic carbocycles. The highest BCUT2D eigenvalue weighted by molar-refractivity contribution is 9.10. The lowest BCUT2D eigenvalue weighted by Crippen LogP contribution is -2.00. The first-order valence-corrected chi connectivity index (χ1v) is 6.58. The second-order valence-corrected chi connectivity index (χ2v) is 4.90. The molecule has 0 aliphatic rings. The SMILES string of the molecule is COc1ccc(OC)c(Nc2cc(F)c(Br)cc2N)c1. The van der Waals surface area contributed by atoms with Crippen molar-refractivity contribution in [2.75, 3.05) is 25.3 Å². The van der Waals surface area contributed by atoms with Crippen LogP contribution in [0.3, 0.4) is 0 Å². The minimum Gasteiger partial charge on any atom is -0.497 e. The van der Waals surface area contributed by atoms with E-state index in [-0.39, 0.29) is 0 Å². The van der Waals surface area contributed by atoms with Gasteiger partial charge in [0.25, 0.3) is 0 Å². The summed E-state index contributed by atoms with van der Waals surface area (Å²) < 4.78 is 24.3. The maximum Gasteiger partial charge on any atom is 0.142 e. The number of nitrogens with two attached hydrogens (primary N) is 1. The van der Waals surface area contributed by atoms with Crippen molar-refractivity contribution in [2.45, 2.75) is 0 Å². The van der Waals surface area contributed by atoms with Gasteiger partial charge >= 0.3 is 0 Å². The molecule has 6 heteroatoms. The van der Waals surface area contributed by atoms with Gasteiger partial charge in [-0.3, -0.25) is 0 Å². The van der Waals surface area contributed by atoms with Crippen LogP contribution >= 0.6 is 15.9 Å². The summed E-state index contributed by atoms with van der Waals surface area (Å²) in [6.07, 6.45) is 0. The van der Waals surface area contributed by atoms with Gasteiger partial charge in [0.05, 0.1) is 35.8 Å². The van der Waals surface area contributed by atoms with Gasteiger partial charge in [-0.1, -0.05) is 0 Å². The molecule has 0 saturated heterocycles. The van der Waals surface area contributed by atoms with Gasteiger partial charge in [0, 0.05) is 12.1 Å². The lowest BCUT2D eigenvalue weighted by molar-refractivity contribution is 0.405. The summed E-state index contributed by atoms with van der Waals surface area (Å²) in [5, 5.41) is 3.04. The first kappa shape index (κ1) is 14.5. The van der Waals surface area contributed by atoms with Crippen molar-refractivity contribution < 1.29 is 13.9 Å². The maximum atomic E-state index is 13.6. The van der Waals surface area contributed by atoms with Crippen molar-refractivity contribution >= 4 is 33.0 Å². The first-order chi connectivity index (χ1) is 9.55. The fourth-order valence-electron chi connectivity index (χ4n) is 1.73. The molecule has 4 nitrogen and oxygen atoms in total. The minimum atomic E-state index is -0.399. The third-order valence-electron chi connectivity index (χ3n) is 2.77. The van der Waals surface area contributed by atoms with Crippen LogP contribution in [-0.2, 0) is 0 Å². The van der Waals surface area contributed by atoms with E-state index in [1.54, 1.807) is 32.4 Å². The van der Waals surface area contributed by atoms with Crippen molar-refractivity contribution in [3.05, 3.63) is 40.6 Å². The van der Waals surface area contributed by atoms with Gasteiger partial charge < -0.3 is 20.5 Å². The Hall–Kier alpha value is -1.95. The zero-order chi connectivity index (χ0) is 14.7. The van der Waals surface area contributed by atoms with E-state index in [9.17, 15) is 4.39 Å². The Morgan fingerprint density at radius 1 is 1.10 bits per heavy atom. The summed E-state index contributed by atoms with van der Waals surface area (Å²) in [6.45, 7) is 0. The third-order valence-corrected chi connectivity index (χ3v) is 3.38. The second kappa shape index (κ2) is 6.00. The Bertz CT molecular complexity index is 635. The molecule has 0 radical (unpaired) electrons. The number of anilines is 3. The van der Waals surface area contributed by atoms with E-state index in [2.05, 4.69) is 21.2 Å². The number of nitrogen functional groups attached to an aromatic ring is 1. The van der Waals surface area contributed by atoms with Gasteiger partial charge in [0.2, 0.25) is 0 Å². The van der Waals surface area contributed by atoms with E-state index >= 15 is 0 Å². The molecular weight excluding hydrogens is 327 g/mol. The van der Waals surface area contributed by atoms with E-state index < -0.39 is 5.82 Å². The first-order valence-electron chi connectivity index (χ1n) is 5.78. The standard InChI is InChI=1S/C14H14BrFN2O2/c1-19-8-3-4-14(20-2)13(5-8)18-12-7-10(16)9(15)6-11(12)17/h3-7,18H,17H2,1-2H3. The summed E-state index contributed by atoms with van der Waals surface area (Å²) in [7, 11) is 3.12. The van der Waals surface area contributed by atoms with Gasteiger partial charge in [-0.2, -0.15) is 0 Å². The molecule has 20 heavy (non-hydrogen) atoms. The molecular formula is C14H14BrFN2O2. The lowest BCUT2D eigenvalue weighted by Gasteiger charge is -2.14. The lowest BCUT2D eigenvalue weighted by atomic mass is 10.2. The van der Waals surface area contributed by atoms with Crippen molar-refractivity contribution in [2.24, 2.45) is 0 Å². The van der Waals surface area contributed by atoms with Gasteiger partial charge in [-0.15, -0.1) is 0 Å². The van der Waals surface area contributed by atoms with Crippen LogP contribution in [0.1, 0.15) is 0 Å². The number of rotatable bonds is 4. The molecule has 0 saturated carbocycles. The van der Waals surface area contributed by atoms with Crippen LogP contribution in [0.5, 0.6) is 11.5 Å². The van der Waals surface area contributed by atoms with Crippen LogP contribution in [0.2, 0.25) is 0 Å². The molecule has 0 atom stereocenters. The highest BCUT2D eigenvalue weighted by atomic mass is 79.9. The fraction of sp³-hybridized carbons (Fsp3) is 0.143. The molecule has 2 rings (SSSR count). The molecule has 0 aromatic heterocycles. The van der Waals surface area contributed by atoms with Gasteiger partial charge in [-0.25, -0.2) is 4.39 Å². The van der Waals surface area contributed by atoms with Crippen molar-refractivity contribution in [1.29, 1.82) is 0 Å². The monoisotopic (exact) mass is 340 g/mol. The van der Waals surface area contributed by atoms with Gasteiger partial charge in [0.15, 0.2) is 0 Å². The molecule has 0 bridgehead atoms. The summed E-state index contributed by atoms with van der Waals surface area (Å²) in [5.74, 6) is 0.863. The predicted octanol–water partition coefficient (Wildman–Crippen LogP) is 3.93. The number of benzene rings is 2. The average molecular weight is 341 g/mol. The molecule has 3 N–H and O–H groups in total. The number of hydrogen-bond donors (Lipinski definition) is 2. The molecule has 2 aromatic rings. The molecule has 106 valence electrons. The number of ether oxygens (including phenoxy) is 2. The topological polar surface area (TPSA) is 56.5 Å². The highest BCUT2D eigenvalue weighted by Gasteiger charge is 2.10. The summed E-state index contributed by atoms with van der Waals surface area (Å²) in [5.41, 5.74) is 7.38. The average Bonchev–Trinajstić information content (AvgIpc) is 2.44. The molecule has 0 aliphatic carbocycles. The normalized spacial score (nSPS) is 10.2. The van der Waals surface area contributed by atoms with Crippen LogP contribution in [0, 0.1) is 5.82 Å². The number of hydrogen-bond acceptors (Lipinski definition) is 4.